The molecule has 0 amide bonds. The summed E-state index contributed by atoms with van der Waals surface area (Å²) < 4.78 is 15.8. The van der Waals surface area contributed by atoms with Crippen molar-refractivity contribution in [1.82, 2.24) is 4.98 Å². The fourth-order valence-corrected chi connectivity index (χ4v) is 12.2. The number of para-hydroxylation sites is 1. The molecule has 0 radical (unpaired) electrons. The second kappa shape index (κ2) is 9.83. The zero-order valence-electron chi connectivity index (χ0n) is 24.3. The molecule has 1 aromatic heterocycles. The zero-order valence-corrected chi connectivity index (χ0v) is 25.9. The number of ether oxygens (including phenoxy) is 2. The second-order valence-electron chi connectivity index (χ2n) is 14.0. The Bertz CT molecular complexity index is 1480. The van der Waals surface area contributed by atoms with Crippen molar-refractivity contribution < 1.29 is 24.2 Å². The SMILES string of the molecule is CC12C=CC(=O)C=C1CCC1C2C(O)CC2(C)C1C[C@H]1OC(C3CCCC3)O[C@]12C(=O)CSc1nc2ccccc2s1. The van der Waals surface area contributed by atoms with Gasteiger partial charge in [0.05, 0.1) is 28.2 Å². The van der Waals surface area contributed by atoms with Gasteiger partial charge in [0.2, 0.25) is 0 Å². The Hall–Kier alpha value is -1.84. The highest BCUT2D eigenvalue weighted by Gasteiger charge is 2.76. The van der Waals surface area contributed by atoms with E-state index >= 15 is 0 Å². The minimum atomic E-state index is -1.07. The van der Waals surface area contributed by atoms with Crippen LogP contribution in [0.15, 0.2) is 52.4 Å². The molecule has 1 aliphatic heterocycles. The predicted octanol–water partition coefficient (Wildman–Crippen LogP) is 6.52. The maximum Gasteiger partial charge on any atom is 0.178 e. The molecular formula is C34H39NO5S2. The van der Waals surface area contributed by atoms with E-state index in [0.717, 1.165) is 52.2 Å². The van der Waals surface area contributed by atoms with Gasteiger partial charge in [-0.3, -0.25) is 9.59 Å². The highest BCUT2D eigenvalue weighted by molar-refractivity contribution is 8.01. The van der Waals surface area contributed by atoms with Crippen molar-refractivity contribution in [1.29, 1.82) is 0 Å². The van der Waals surface area contributed by atoms with E-state index in [2.05, 4.69) is 19.9 Å². The monoisotopic (exact) mass is 605 g/mol. The number of carbonyl (C=O) groups is 2. The molecule has 9 atom stereocenters. The van der Waals surface area contributed by atoms with E-state index in [1.165, 1.54) is 24.6 Å². The summed E-state index contributed by atoms with van der Waals surface area (Å²) in [6.07, 6.45) is 11.8. The predicted molar refractivity (Wildman–Crippen MR) is 163 cm³/mol. The Morgan fingerprint density at radius 3 is 2.81 bits per heavy atom. The van der Waals surface area contributed by atoms with Gasteiger partial charge in [0.1, 0.15) is 0 Å². The van der Waals surface area contributed by atoms with Gasteiger partial charge >= 0.3 is 0 Å². The molecule has 2 heterocycles. The second-order valence-corrected chi connectivity index (χ2v) is 16.3. The molecule has 6 aliphatic rings. The van der Waals surface area contributed by atoms with Gasteiger partial charge in [-0.05, 0) is 74.6 Å². The summed E-state index contributed by atoms with van der Waals surface area (Å²) in [7, 11) is 0. The molecule has 7 unspecified atom stereocenters. The first-order valence-corrected chi connectivity index (χ1v) is 17.5. The average molecular weight is 606 g/mol. The topological polar surface area (TPSA) is 85.7 Å². The summed E-state index contributed by atoms with van der Waals surface area (Å²) in [5, 5.41) is 12.0. The number of fused-ring (bicyclic) bond motifs is 8. The van der Waals surface area contributed by atoms with Crippen molar-refractivity contribution in [2.45, 2.75) is 93.7 Å². The summed E-state index contributed by atoms with van der Waals surface area (Å²) in [6, 6.07) is 8.09. The Morgan fingerprint density at radius 1 is 1.19 bits per heavy atom. The summed E-state index contributed by atoms with van der Waals surface area (Å²) >= 11 is 3.13. The number of nitrogens with zero attached hydrogens (tertiary/aromatic N) is 1. The first-order chi connectivity index (χ1) is 20.2. The lowest BCUT2D eigenvalue weighted by atomic mass is 9.46. The maximum absolute atomic E-state index is 14.7. The number of thioether (sulfide) groups is 1. The minimum Gasteiger partial charge on any atom is -0.393 e. The number of Topliss-reactive ketones (excluding diaryl/α,β-unsaturated/α-hetero) is 1. The maximum atomic E-state index is 14.7. The van der Waals surface area contributed by atoms with Crippen LogP contribution in [-0.4, -0.2) is 51.5 Å². The molecule has 0 bridgehead atoms. The standard InChI is InChI=1S/C34H39NO5S2/c1-32-14-13-21(36)15-20(32)11-12-22-23-16-28-34(33(23,2)17-25(37)29(22)32,40-30(39-28)19-7-3-4-8-19)27(38)18-41-31-35-24-9-5-6-10-26(24)42-31/h5-6,9-10,13-15,19,22-23,25,28-30,37H,3-4,7-8,11-12,16-18H2,1-2H3/t22?,23?,25?,28-,29?,30?,32?,33?,34-/m1/s1. The zero-order chi connectivity index (χ0) is 28.9. The number of hydrogen-bond donors (Lipinski definition) is 1. The largest absolute Gasteiger partial charge is 0.393 e. The highest BCUT2D eigenvalue weighted by Crippen LogP contribution is 2.70. The molecule has 222 valence electrons. The first-order valence-electron chi connectivity index (χ1n) is 15.7. The number of allylic oxidation sites excluding steroid dienone is 4. The summed E-state index contributed by atoms with van der Waals surface area (Å²) in [6.45, 7) is 4.41. The van der Waals surface area contributed by atoms with Crippen LogP contribution in [-0.2, 0) is 19.1 Å². The molecule has 42 heavy (non-hydrogen) atoms. The van der Waals surface area contributed by atoms with Gasteiger partial charge in [-0.15, -0.1) is 11.3 Å². The lowest BCUT2D eigenvalue weighted by Gasteiger charge is -2.59. The third-order valence-electron chi connectivity index (χ3n) is 12.1. The van der Waals surface area contributed by atoms with Crippen LogP contribution in [0.5, 0.6) is 0 Å². The quantitative estimate of drug-likeness (QED) is 0.389. The van der Waals surface area contributed by atoms with Crippen molar-refractivity contribution in [2.24, 2.45) is 34.5 Å². The number of ketones is 2. The van der Waals surface area contributed by atoms with Crippen molar-refractivity contribution in [2.75, 3.05) is 5.75 Å². The van der Waals surface area contributed by atoms with Crippen molar-refractivity contribution in [3.63, 3.8) is 0 Å². The normalized spacial score (nSPS) is 42.7. The number of hydrogen-bond acceptors (Lipinski definition) is 8. The number of aliphatic hydroxyl groups excluding tert-OH is 1. The Balaban J connectivity index is 1.14. The summed E-state index contributed by atoms with van der Waals surface area (Å²) in [5.41, 5.74) is 0.146. The summed E-state index contributed by atoms with van der Waals surface area (Å²) in [4.78, 5) is 31.7. The number of thiazole rings is 1. The third-order valence-corrected chi connectivity index (χ3v) is 14.2. The van der Waals surface area contributed by atoms with Gasteiger partial charge in [0.15, 0.2) is 27.8 Å². The number of rotatable bonds is 5. The van der Waals surface area contributed by atoms with Crippen LogP contribution in [0, 0.1) is 34.5 Å². The molecule has 2 aromatic rings. The van der Waals surface area contributed by atoms with E-state index in [1.807, 2.05) is 24.3 Å². The van der Waals surface area contributed by atoms with Crippen LogP contribution in [0.2, 0.25) is 0 Å². The lowest BCUT2D eigenvalue weighted by molar-refractivity contribution is -0.205. The Kier molecular flexibility index (Phi) is 6.48. The fourth-order valence-electron chi connectivity index (χ4n) is 10.2. The number of aliphatic hydroxyl groups is 1. The highest BCUT2D eigenvalue weighted by atomic mass is 32.2. The molecule has 8 rings (SSSR count). The van der Waals surface area contributed by atoms with E-state index < -0.39 is 17.1 Å². The number of carbonyl (C=O) groups excluding carboxylic acids is 2. The van der Waals surface area contributed by atoms with Crippen LogP contribution in [0.3, 0.4) is 0 Å². The van der Waals surface area contributed by atoms with Gasteiger partial charge in [0.25, 0.3) is 0 Å². The fraction of sp³-hybridized carbons (Fsp3) is 0.618. The van der Waals surface area contributed by atoms with Crippen molar-refractivity contribution >= 4 is 44.9 Å². The lowest BCUT2D eigenvalue weighted by Crippen LogP contribution is -2.63. The van der Waals surface area contributed by atoms with Gasteiger partial charge in [0, 0.05) is 22.7 Å². The van der Waals surface area contributed by atoms with Crippen molar-refractivity contribution in [3.05, 3.63) is 48.1 Å². The number of aromatic nitrogens is 1. The minimum absolute atomic E-state index is 0.00801. The molecular weight excluding hydrogens is 567 g/mol. The van der Waals surface area contributed by atoms with E-state index in [9.17, 15) is 14.7 Å². The van der Waals surface area contributed by atoms with E-state index in [1.54, 1.807) is 23.5 Å². The van der Waals surface area contributed by atoms with E-state index in [0.29, 0.717) is 12.3 Å². The van der Waals surface area contributed by atoms with Crippen LogP contribution in [0.1, 0.15) is 65.2 Å². The van der Waals surface area contributed by atoms with Gasteiger partial charge in [-0.1, -0.05) is 62.2 Å². The van der Waals surface area contributed by atoms with E-state index in [4.69, 9.17) is 14.5 Å². The average Bonchev–Trinajstić information content (AvgIpc) is 3.75. The molecule has 1 saturated heterocycles. The molecule has 1 aromatic carbocycles. The van der Waals surface area contributed by atoms with Gasteiger partial charge in [-0.2, -0.15) is 0 Å². The van der Waals surface area contributed by atoms with Crippen LogP contribution in [0.25, 0.3) is 10.2 Å². The molecule has 5 aliphatic carbocycles. The Morgan fingerprint density at radius 2 is 2.00 bits per heavy atom. The summed E-state index contributed by atoms with van der Waals surface area (Å²) in [5.74, 6) is 1.16. The molecule has 4 saturated carbocycles. The smallest absolute Gasteiger partial charge is 0.178 e. The molecule has 1 N–H and O–H groups in total. The molecule has 6 nitrogen and oxygen atoms in total. The Labute approximate surface area is 255 Å². The first kappa shape index (κ1) is 27.7. The van der Waals surface area contributed by atoms with Crippen LogP contribution >= 0.6 is 23.1 Å². The third kappa shape index (κ3) is 3.84. The van der Waals surface area contributed by atoms with Gasteiger partial charge < -0.3 is 14.6 Å². The van der Waals surface area contributed by atoms with Crippen LogP contribution in [0.4, 0.5) is 0 Å². The molecule has 8 heteroatoms. The van der Waals surface area contributed by atoms with Crippen LogP contribution < -0.4 is 0 Å². The molecule has 5 fully saturated rings. The van der Waals surface area contributed by atoms with Gasteiger partial charge in [-0.25, -0.2) is 4.98 Å². The molecule has 0 spiro atoms. The number of benzene rings is 1. The van der Waals surface area contributed by atoms with Crippen molar-refractivity contribution in [3.8, 4) is 0 Å². The van der Waals surface area contributed by atoms with E-state index in [-0.39, 0.29) is 52.9 Å².